The molecule has 5 aromatic heterocycles. The third-order valence-corrected chi connectivity index (χ3v) is 15.8. The van der Waals surface area contributed by atoms with Crippen molar-refractivity contribution in [2.45, 2.75) is 26.7 Å². The monoisotopic (exact) mass is 772 g/mol. The van der Waals surface area contributed by atoms with Gasteiger partial charge in [-0.1, -0.05) is 111 Å². The van der Waals surface area contributed by atoms with E-state index in [0.717, 1.165) is 12.8 Å². The number of aryl methyl sites for hydroxylation is 2. The van der Waals surface area contributed by atoms with Crippen molar-refractivity contribution in [2.75, 3.05) is 0 Å². The minimum Gasteiger partial charge on any atom is -0.140 e. The van der Waals surface area contributed by atoms with Gasteiger partial charge in [0.1, 0.15) is 0 Å². The van der Waals surface area contributed by atoms with Crippen LogP contribution in [0.5, 0.6) is 0 Å². The molecule has 0 saturated carbocycles. The highest BCUT2D eigenvalue weighted by molar-refractivity contribution is 7.19. The molecule has 0 aliphatic carbocycles. The second-order valence-electron chi connectivity index (χ2n) is 13.0. The van der Waals surface area contributed by atoms with Gasteiger partial charge in [0.2, 0.25) is 0 Å². The Morgan fingerprint density at radius 2 is 0.396 bits per heavy atom. The van der Waals surface area contributed by atoms with Crippen LogP contribution in [-0.2, 0) is 12.8 Å². The molecule has 0 atom stereocenters. The summed E-state index contributed by atoms with van der Waals surface area (Å²) in [7, 11) is 0. The summed E-state index contributed by atoms with van der Waals surface area (Å²) in [6.45, 7) is 4.43. The zero-order valence-corrected chi connectivity index (χ0v) is 33.5. The van der Waals surface area contributed by atoms with Crippen LogP contribution >= 0.6 is 56.7 Å². The van der Waals surface area contributed by atoms with Crippen LogP contribution in [0.15, 0.2) is 158 Å². The van der Waals surface area contributed by atoms with Gasteiger partial charge in [-0.25, -0.2) is 0 Å². The molecular weight excluding hydrogens is 737 g/mol. The fourth-order valence-electron chi connectivity index (χ4n) is 6.59. The van der Waals surface area contributed by atoms with Crippen molar-refractivity contribution in [2.24, 2.45) is 0 Å². The molecule has 5 heteroatoms. The molecule has 0 unspecified atom stereocenters. The van der Waals surface area contributed by atoms with Crippen molar-refractivity contribution < 1.29 is 0 Å². The van der Waals surface area contributed by atoms with Gasteiger partial charge in [-0.3, -0.25) is 0 Å². The molecule has 9 aromatic rings. The molecule has 0 N–H and O–H groups in total. The van der Waals surface area contributed by atoms with E-state index in [1.165, 1.54) is 93.3 Å². The fraction of sp³-hybridized carbons (Fsp3) is 0.0833. The number of benzene rings is 4. The Kier molecular flexibility index (Phi) is 9.68. The van der Waals surface area contributed by atoms with Crippen LogP contribution in [-0.4, -0.2) is 0 Å². The van der Waals surface area contributed by atoms with Crippen molar-refractivity contribution in [1.29, 1.82) is 0 Å². The van der Waals surface area contributed by atoms with Crippen molar-refractivity contribution in [3.05, 3.63) is 167 Å². The van der Waals surface area contributed by atoms with Gasteiger partial charge in [-0.2, -0.15) is 0 Å². The van der Waals surface area contributed by atoms with E-state index in [9.17, 15) is 0 Å². The lowest BCUT2D eigenvalue weighted by atomic mass is 10.1. The fourth-order valence-corrected chi connectivity index (χ4v) is 11.5. The number of hydrogen-bond acceptors (Lipinski definition) is 5. The lowest BCUT2D eigenvalue weighted by molar-refractivity contribution is 1.19. The topological polar surface area (TPSA) is 0 Å². The third-order valence-electron chi connectivity index (χ3n) is 9.65. The number of thiophene rings is 5. The van der Waals surface area contributed by atoms with E-state index in [1.54, 1.807) is 0 Å². The van der Waals surface area contributed by atoms with Crippen molar-refractivity contribution in [1.82, 2.24) is 0 Å². The molecule has 4 aromatic carbocycles. The quantitative estimate of drug-likeness (QED) is 0.130. The van der Waals surface area contributed by atoms with Gasteiger partial charge >= 0.3 is 0 Å². The lowest BCUT2D eigenvalue weighted by Gasteiger charge is -2.03. The van der Waals surface area contributed by atoms with Gasteiger partial charge in [0, 0.05) is 48.8 Å². The second kappa shape index (κ2) is 15.0. The van der Waals surface area contributed by atoms with Gasteiger partial charge in [-0.05, 0) is 118 Å². The Balaban J connectivity index is 0.850. The maximum atomic E-state index is 2.26. The van der Waals surface area contributed by atoms with E-state index in [0.29, 0.717) is 0 Å². The Bertz CT molecular complexity index is 2420. The average Bonchev–Trinajstić information content (AvgIpc) is 4.08. The standard InChI is InChI=1S/C48H36S5/c1-3-39-21-23-41(49-39)31-5-9-33(10-6-31)43-25-27-45(51-43)35-13-17-37(18-14-35)47-29-30-48(53-47)38-19-15-36(16-20-38)46-28-26-44(52-46)34-11-7-32(8-12-34)42-24-22-40(4-2)50-42/h5-30H,3-4H2,1-2H3. The highest BCUT2D eigenvalue weighted by Crippen LogP contribution is 2.41. The predicted octanol–water partition coefficient (Wildman–Crippen LogP) is 16.5. The lowest BCUT2D eigenvalue weighted by Crippen LogP contribution is -1.75. The number of hydrogen-bond donors (Lipinski definition) is 0. The van der Waals surface area contributed by atoms with E-state index < -0.39 is 0 Å². The summed E-state index contributed by atoms with van der Waals surface area (Å²) in [4.78, 5) is 13.3. The van der Waals surface area contributed by atoms with Crippen LogP contribution < -0.4 is 0 Å². The van der Waals surface area contributed by atoms with Gasteiger partial charge in [-0.15, -0.1) is 56.7 Å². The first kappa shape index (κ1) is 34.2. The molecule has 0 nitrogen and oxygen atoms in total. The van der Waals surface area contributed by atoms with E-state index >= 15 is 0 Å². The maximum absolute atomic E-state index is 2.26. The molecule has 0 aliphatic heterocycles. The molecule has 0 amide bonds. The Hall–Kier alpha value is -4.62. The summed E-state index contributed by atoms with van der Waals surface area (Å²) in [6, 6.07) is 58.7. The third kappa shape index (κ3) is 7.20. The zero-order valence-electron chi connectivity index (χ0n) is 29.5. The normalized spacial score (nSPS) is 11.4. The van der Waals surface area contributed by atoms with Crippen LogP contribution in [0.2, 0.25) is 0 Å². The summed E-state index contributed by atoms with van der Waals surface area (Å²) in [6.07, 6.45) is 2.19. The minimum atomic E-state index is 1.09. The maximum Gasteiger partial charge on any atom is 0.0349 e. The average molecular weight is 773 g/mol. The Morgan fingerprint density at radius 3 is 0.566 bits per heavy atom. The molecule has 0 radical (unpaired) electrons. The smallest absolute Gasteiger partial charge is 0.0349 e. The molecule has 9 rings (SSSR count). The number of rotatable bonds is 10. The Morgan fingerprint density at radius 1 is 0.226 bits per heavy atom. The zero-order chi connectivity index (χ0) is 35.7. The summed E-state index contributed by atoms with van der Waals surface area (Å²) >= 11 is 9.36. The van der Waals surface area contributed by atoms with Crippen molar-refractivity contribution in [3.8, 4) is 83.5 Å². The molecule has 0 spiro atoms. The van der Waals surface area contributed by atoms with Gasteiger partial charge in [0.05, 0.1) is 0 Å². The molecule has 0 bridgehead atoms. The van der Waals surface area contributed by atoms with Crippen LogP contribution in [0.1, 0.15) is 23.6 Å². The highest BCUT2D eigenvalue weighted by atomic mass is 32.1. The molecule has 53 heavy (non-hydrogen) atoms. The first-order chi connectivity index (χ1) is 26.1. The van der Waals surface area contributed by atoms with Gasteiger partial charge in [0.25, 0.3) is 0 Å². The van der Waals surface area contributed by atoms with E-state index in [1.807, 2.05) is 56.7 Å². The van der Waals surface area contributed by atoms with Crippen LogP contribution in [0, 0.1) is 0 Å². The summed E-state index contributed by atoms with van der Waals surface area (Å²) in [5.41, 5.74) is 10.2. The molecule has 0 saturated heterocycles. The predicted molar refractivity (Wildman–Crippen MR) is 238 cm³/mol. The highest BCUT2D eigenvalue weighted by Gasteiger charge is 2.11. The second-order valence-corrected chi connectivity index (χ2v) is 18.6. The van der Waals surface area contributed by atoms with Gasteiger partial charge < -0.3 is 0 Å². The Labute approximate surface area is 332 Å². The van der Waals surface area contributed by atoms with Crippen molar-refractivity contribution in [3.63, 3.8) is 0 Å². The van der Waals surface area contributed by atoms with Crippen LogP contribution in [0.25, 0.3) is 83.5 Å². The summed E-state index contributed by atoms with van der Waals surface area (Å²) in [5, 5.41) is 0. The summed E-state index contributed by atoms with van der Waals surface area (Å²) < 4.78 is 0. The first-order valence-corrected chi connectivity index (χ1v) is 22.1. The molecule has 0 aliphatic rings. The minimum absolute atomic E-state index is 1.09. The largest absolute Gasteiger partial charge is 0.140 e. The summed E-state index contributed by atoms with van der Waals surface area (Å²) in [5.74, 6) is 0. The van der Waals surface area contributed by atoms with E-state index in [4.69, 9.17) is 0 Å². The first-order valence-electron chi connectivity index (χ1n) is 18.0. The van der Waals surface area contributed by atoms with E-state index in [2.05, 4.69) is 172 Å². The van der Waals surface area contributed by atoms with Crippen molar-refractivity contribution >= 4 is 56.7 Å². The SMILES string of the molecule is CCc1ccc(-c2ccc(-c3ccc(-c4ccc(-c5ccc(-c6ccc(-c7ccc(-c8ccc(-c9ccc(CC)s9)cc8)s7)cc6)s5)cc4)s3)cc2)s1. The van der Waals surface area contributed by atoms with Gasteiger partial charge in [0.15, 0.2) is 0 Å². The van der Waals surface area contributed by atoms with Crippen LogP contribution in [0.4, 0.5) is 0 Å². The van der Waals surface area contributed by atoms with Crippen LogP contribution in [0.3, 0.4) is 0 Å². The van der Waals surface area contributed by atoms with E-state index in [-0.39, 0.29) is 0 Å². The molecular formula is C48H36S5. The molecule has 0 fully saturated rings. The molecule has 258 valence electrons. The molecule has 5 heterocycles.